The second-order valence-corrected chi connectivity index (χ2v) is 5.11. The molecule has 6 heteroatoms. The fourth-order valence-corrected chi connectivity index (χ4v) is 2.37. The second kappa shape index (κ2) is 7.53. The Kier molecular flexibility index (Phi) is 5.43. The number of halogens is 1. The summed E-state index contributed by atoms with van der Waals surface area (Å²) in [6, 6.07) is 3.00. The molecule has 4 nitrogen and oxygen atoms in total. The number of nitrogens with zero attached hydrogens (tertiary/aromatic N) is 1. The van der Waals surface area contributed by atoms with Crippen molar-refractivity contribution in [1.82, 2.24) is 10.3 Å². The summed E-state index contributed by atoms with van der Waals surface area (Å²) in [5, 5.41) is 13.3. The number of thiophene rings is 1. The average molecular weight is 304 g/mol. The smallest absolute Gasteiger partial charge is 0.253 e. The zero-order chi connectivity index (χ0) is 15.1. The molecule has 0 fully saturated rings. The monoisotopic (exact) mass is 304 g/mol. The van der Waals surface area contributed by atoms with Crippen molar-refractivity contribution >= 4 is 17.2 Å². The summed E-state index contributed by atoms with van der Waals surface area (Å²) in [6.45, 7) is 0.339. The number of amides is 1. The Morgan fingerprint density at radius 2 is 2.33 bits per heavy atom. The van der Waals surface area contributed by atoms with Crippen molar-refractivity contribution in [2.24, 2.45) is 0 Å². The molecule has 2 aromatic rings. The number of aliphatic hydroxyl groups is 1. The second-order valence-electron chi connectivity index (χ2n) is 4.11. The zero-order valence-electron chi connectivity index (χ0n) is 11.1. The van der Waals surface area contributed by atoms with Gasteiger partial charge in [-0.15, -0.1) is 11.3 Å². The van der Waals surface area contributed by atoms with Crippen LogP contribution in [0.2, 0.25) is 0 Å². The molecular formula is C15H13FN2O2S. The Hall–Kier alpha value is -2.23. The van der Waals surface area contributed by atoms with Crippen LogP contribution in [0, 0.1) is 17.7 Å². The van der Waals surface area contributed by atoms with Gasteiger partial charge in [0.05, 0.1) is 24.9 Å². The molecule has 2 aromatic heterocycles. The molecule has 0 radical (unpaired) electrons. The zero-order valence-corrected chi connectivity index (χ0v) is 11.9. The molecule has 0 aromatic carbocycles. The van der Waals surface area contributed by atoms with Crippen molar-refractivity contribution in [3.8, 4) is 11.8 Å². The van der Waals surface area contributed by atoms with Crippen molar-refractivity contribution in [2.45, 2.75) is 13.0 Å². The van der Waals surface area contributed by atoms with Crippen LogP contribution in [0.1, 0.15) is 27.2 Å². The van der Waals surface area contributed by atoms with Crippen LogP contribution in [0.4, 0.5) is 4.39 Å². The predicted octanol–water partition coefficient (Wildman–Crippen LogP) is 1.95. The first-order valence-corrected chi connectivity index (χ1v) is 7.13. The van der Waals surface area contributed by atoms with Crippen molar-refractivity contribution < 1.29 is 14.3 Å². The maximum Gasteiger partial charge on any atom is 0.253 e. The van der Waals surface area contributed by atoms with E-state index in [0.29, 0.717) is 13.0 Å². The van der Waals surface area contributed by atoms with Crippen molar-refractivity contribution in [3.63, 3.8) is 0 Å². The highest BCUT2D eigenvalue weighted by Gasteiger charge is 2.08. The minimum absolute atomic E-state index is 0.0236. The molecule has 0 saturated heterocycles. The fraction of sp³-hybridized carbons (Fsp3) is 0.200. The summed E-state index contributed by atoms with van der Waals surface area (Å²) in [5.41, 5.74) is 1.01. The molecule has 2 rings (SSSR count). The summed E-state index contributed by atoms with van der Waals surface area (Å²) < 4.78 is 13.0. The molecule has 0 atom stereocenters. The highest BCUT2D eigenvalue weighted by atomic mass is 32.1. The average Bonchev–Trinajstić information content (AvgIpc) is 2.92. The maximum atomic E-state index is 13.0. The van der Waals surface area contributed by atoms with E-state index in [-0.39, 0.29) is 18.1 Å². The Morgan fingerprint density at radius 1 is 1.48 bits per heavy atom. The van der Waals surface area contributed by atoms with Gasteiger partial charge in [0, 0.05) is 23.1 Å². The lowest BCUT2D eigenvalue weighted by molar-refractivity contribution is 0.0950. The van der Waals surface area contributed by atoms with Crippen molar-refractivity contribution in [1.29, 1.82) is 0 Å². The van der Waals surface area contributed by atoms with Crippen LogP contribution in [-0.4, -0.2) is 22.6 Å². The Balaban J connectivity index is 1.99. The minimum atomic E-state index is -0.547. The number of aliphatic hydroxyl groups excluding tert-OH is 1. The third-order valence-electron chi connectivity index (χ3n) is 2.58. The lowest BCUT2D eigenvalue weighted by Crippen LogP contribution is -2.22. The van der Waals surface area contributed by atoms with Gasteiger partial charge in [-0.1, -0.05) is 11.8 Å². The van der Waals surface area contributed by atoms with Gasteiger partial charge in [-0.3, -0.25) is 9.78 Å². The molecular weight excluding hydrogens is 291 g/mol. The van der Waals surface area contributed by atoms with E-state index in [4.69, 9.17) is 5.11 Å². The third-order valence-corrected chi connectivity index (χ3v) is 3.50. The van der Waals surface area contributed by atoms with E-state index < -0.39 is 5.82 Å². The molecule has 0 aliphatic rings. The number of rotatable bonds is 4. The summed E-state index contributed by atoms with van der Waals surface area (Å²) in [6.07, 6.45) is 2.77. The first-order valence-electron chi connectivity index (χ1n) is 6.25. The molecule has 0 unspecified atom stereocenters. The number of aromatic nitrogens is 1. The number of carbonyl (C=O) groups is 1. The van der Waals surface area contributed by atoms with Crippen LogP contribution in [0.15, 0.2) is 29.9 Å². The van der Waals surface area contributed by atoms with E-state index in [1.165, 1.54) is 17.5 Å². The molecule has 2 N–H and O–H groups in total. The first kappa shape index (κ1) is 15.2. The van der Waals surface area contributed by atoms with Crippen LogP contribution < -0.4 is 5.32 Å². The van der Waals surface area contributed by atoms with Gasteiger partial charge in [0.25, 0.3) is 5.91 Å². The van der Waals surface area contributed by atoms with Gasteiger partial charge in [0.1, 0.15) is 5.82 Å². The number of hydrogen-bond acceptors (Lipinski definition) is 4. The van der Waals surface area contributed by atoms with Gasteiger partial charge in [0.15, 0.2) is 0 Å². The normalized spacial score (nSPS) is 9.81. The molecule has 1 amide bonds. The van der Waals surface area contributed by atoms with Gasteiger partial charge >= 0.3 is 0 Å². The predicted molar refractivity (Wildman–Crippen MR) is 78.3 cm³/mol. The van der Waals surface area contributed by atoms with E-state index in [9.17, 15) is 9.18 Å². The van der Waals surface area contributed by atoms with E-state index in [1.54, 1.807) is 0 Å². The van der Waals surface area contributed by atoms with Gasteiger partial charge < -0.3 is 10.4 Å². The van der Waals surface area contributed by atoms with Crippen molar-refractivity contribution in [3.05, 3.63) is 51.7 Å². The van der Waals surface area contributed by atoms with E-state index in [2.05, 4.69) is 22.1 Å². The quantitative estimate of drug-likeness (QED) is 0.849. The largest absolute Gasteiger partial charge is 0.395 e. The Bertz CT molecular complexity index is 688. The third kappa shape index (κ3) is 4.38. The molecule has 108 valence electrons. The molecule has 0 saturated carbocycles. The van der Waals surface area contributed by atoms with E-state index >= 15 is 0 Å². The van der Waals surface area contributed by atoms with Crippen LogP contribution in [0.5, 0.6) is 0 Å². The topological polar surface area (TPSA) is 62.2 Å². The molecule has 21 heavy (non-hydrogen) atoms. The van der Waals surface area contributed by atoms with Gasteiger partial charge in [-0.2, -0.15) is 0 Å². The molecule has 0 spiro atoms. The van der Waals surface area contributed by atoms with Crippen molar-refractivity contribution in [2.75, 3.05) is 6.61 Å². The Morgan fingerprint density at radius 3 is 3.10 bits per heavy atom. The summed E-state index contributed by atoms with van der Waals surface area (Å²) in [4.78, 5) is 16.4. The van der Waals surface area contributed by atoms with Gasteiger partial charge in [0.2, 0.25) is 0 Å². The van der Waals surface area contributed by atoms with Crippen LogP contribution in [0.3, 0.4) is 0 Å². The number of hydrogen-bond donors (Lipinski definition) is 2. The number of nitrogens with one attached hydrogen (secondary N) is 1. The first-order chi connectivity index (χ1) is 10.2. The van der Waals surface area contributed by atoms with Crippen LogP contribution in [-0.2, 0) is 6.54 Å². The lowest BCUT2D eigenvalue weighted by Gasteiger charge is -2.04. The van der Waals surface area contributed by atoms with E-state index in [0.717, 1.165) is 22.7 Å². The van der Waals surface area contributed by atoms with Crippen LogP contribution in [0.25, 0.3) is 0 Å². The summed E-state index contributed by atoms with van der Waals surface area (Å²) in [5.74, 6) is 4.85. The standard InChI is InChI=1S/C15H13FN2O2S/c16-13-7-12(8-17-9-13)15(20)18-10-14-11(4-6-21-14)3-1-2-5-19/h4,6-9,19H,2,5,10H2,(H,18,20). The maximum absolute atomic E-state index is 13.0. The lowest BCUT2D eigenvalue weighted by atomic mass is 10.2. The number of carbonyl (C=O) groups excluding carboxylic acids is 1. The van der Waals surface area contributed by atoms with Gasteiger partial charge in [-0.05, 0) is 17.5 Å². The van der Waals surface area contributed by atoms with Gasteiger partial charge in [-0.25, -0.2) is 4.39 Å². The molecule has 0 aliphatic heterocycles. The minimum Gasteiger partial charge on any atom is -0.395 e. The van der Waals surface area contributed by atoms with E-state index in [1.807, 2.05) is 11.4 Å². The highest BCUT2D eigenvalue weighted by Crippen LogP contribution is 2.15. The SMILES string of the molecule is O=C(NCc1sccc1C#CCCO)c1cncc(F)c1. The molecule has 2 heterocycles. The Labute approximate surface area is 125 Å². The van der Waals surface area contributed by atoms with Crippen LogP contribution >= 0.6 is 11.3 Å². The number of pyridine rings is 1. The summed E-state index contributed by atoms with van der Waals surface area (Å²) in [7, 11) is 0. The molecule has 0 bridgehead atoms. The fourth-order valence-electron chi connectivity index (χ4n) is 1.60. The molecule has 0 aliphatic carbocycles. The summed E-state index contributed by atoms with van der Waals surface area (Å²) >= 11 is 1.48. The highest BCUT2D eigenvalue weighted by molar-refractivity contribution is 7.10.